The number of hydrogen-bond acceptors (Lipinski definition) is 5. The maximum atomic E-state index is 11.9. The topological polar surface area (TPSA) is 82.9 Å². The fourth-order valence-corrected chi connectivity index (χ4v) is 2.70. The second kappa shape index (κ2) is 8.06. The van der Waals surface area contributed by atoms with E-state index in [0.717, 1.165) is 5.56 Å². The molecule has 2 aromatic heterocycles. The fourth-order valence-electron chi connectivity index (χ4n) is 2.70. The van der Waals surface area contributed by atoms with Crippen molar-refractivity contribution in [3.8, 4) is 0 Å². The Bertz CT molecular complexity index is 859. The Morgan fingerprint density at radius 2 is 2.12 bits per heavy atom. The molecule has 0 spiro atoms. The van der Waals surface area contributed by atoms with Crippen molar-refractivity contribution in [2.45, 2.75) is 19.3 Å². The normalized spacial score (nSPS) is 12.8. The zero-order valence-corrected chi connectivity index (χ0v) is 14.1. The minimum Gasteiger partial charge on any atom is -0.389 e. The van der Waals surface area contributed by atoms with Crippen molar-refractivity contribution in [1.82, 2.24) is 19.5 Å². The van der Waals surface area contributed by atoms with Crippen molar-refractivity contribution in [1.29, 1.82) is 0 Å². The second-order valence-electron chi connectivity index (χ2n) is 6.09. The van der Waals surface area contributed by atoms with Crippen LogP contribution < -0.4 is 5.56 Å². The summed E-state index contributed by atoms with van der Waals surface area (Å²) in [5, 5.41) is 12.9. The number of rotatable bonds is 8. The predicted molar refractivity (Wildman–Crippen MR) is 94.3 cm³/mol. The van der Waals surface area contributed by atoms with Crippen LogP contribution in [0.1, 0.15) is 11.3 Å². The highest BCUT2D eigenvalue weighted by Gasteiger charge is 2.11. The molecule has 2 N–H and O–H groups in total. The van der Waals surface area contributed by atoms with Crippen LogP contribution in [-0.2, 0) is 17.9 Å². The van der Waals surface area contributed by atoms with Crippen LogP contribution in [0.3, 0.4) is 0 Å². The summed E-state index contributed by atoms with van der Waals surface area (Å²) in [5.74, 6) is 0. The van der Waals surface area contributed by atoms with Crippen molar-refractivity contribution in [3.05, 3.63) is 70.3 Å². The highest BCUT2D eigenvalue weighted by molar-refractivity contribution is 5.36. The predicted octanol–water partition coefficient (Wildman–Crippen LogP) is 1.03. The molecule has 0 fully saturated rings. The van der Waals surface area contributed by atoms with Gasteiger partial charge in [-0.3, -0.25) is 14.8 Å². The van der Waals surface area contributed by atoms with E-state index in [-0.39, 0.29) is 12.2 Å². The van der Waals surface area contributed by atoms with Crippen LogP contribution in [0.2, 0.25) is 0 Å². The first kappa shape index (κ1) is 17.3. The van der Waals surface area contributed by atoms with Crippen molar-refractivity contribution in [3.63, 3.8) is 0 Å². The summed E-state index contributed by atoms with van der Waals surface area (Å²) in [6, 6.07) is 13.1. The van der Waals surface area contributed by atoms with E-state index in [1.807, 2.05) is 42.3 Å². The second-order valence-corrected chi connectivity index (χ2v) is 6.09. The van der Waals surface area contributed by atoms with Crippen LogP contribution in [0.25, 0.3) is 5.65 Å². The van der Waals surface area contributed by atoms with Crippen molar-refractivity contribution in [2.75, 3.05) is 20.2 Å². The summed E-state index contributed by atoms with van der Waals surface area (Å²) < 4.78 is 6.93. The summed E-state index contributed by atoms with van der Waals surface area (Å²) in [6.07, 6.45) is 1.07. The number of nitrogens with zero attached hydrogens (tertiary/aromatic N) is 3. The van der Waals surface area contributed by atoms with Crippen LogP contribution in [0.15, 0.2) is 53.5 Å². The van der Waals surface area contributed by atoms with Gasteiger partial charge in [-0.2, -0.15) is 0 Å². The SMILES string of the molecule is CN(Cc1cc(=O)n2[nH]ccc2n1)CC(O)COCc1ccccc1. The van der Waals surface area contributed by atoms with Crippen LogP contribution in [-0.4, -0.2) is 50.9 Å². The van der Waals surface area contributed by atoms with E-state index in [0.29, 0.717) is 31.0 Å². The average molecular weight is 342 g/mol. The zero-order valence-electron chi connectivity index (χ0n) is 14.1. The number of H-pyrrole nitrogens is 1. The molecule has 25 heavy (non-hydrogen) atoms. The lowest BCUT2D eigenvalue weighted by atomic mass is 10.2. The minimum atomic E-state index is -0.606. The number of aromatic amines is 1. The van der Waals surface area contributed by atoms with Crippen LogP contribution in [0.5, 0.6) is 0 Å². The monoisotopic (exact) mass is 342 g/mol. The molecule has 0 saturated heterocycles. The van der Waals surface area contributed by atoms with Gasteiger partial charge in [-0.05, 0) is 12.6 Å². The number of benzene rings is 1. The molecule has 0 bridgehead atoms. The largest absolute Gasteiger partial charge is 0.389 e. The van der Waals surface area contributed by atoms with Crippen LogP contribution in [0, 0.1) is 0 Å². The van der Waals surface area contributed by atoms with Crippen molar-refractivity contribution < 1.29 is 9.84 Å². The van der Waals surface area contributed by atoms with Gasteiger partial charge in [0, 0.05) is 31.4 Å². The molecule has 0 aliphatic carbocycles. The fraction of sp³-hybridized carbons (Fsp3) is 0.333. The van der Waals surface area contributed by atoms with Gasteiger partial charge in [-0.25, -0.2) is 9.50 Å². The molecule has 1 atom stereocenters. The molecule has 0 saturated carbocycles. The van der Waals surface area contributed by atoms with Crippen molar-refractivity contribution >= 4 is 5.65 Å². The van der Waals surface area contributed by atoms with Gasteiger partial charge in [-0.1, -0.05) is 30.3 Å². The molecule has 7 heteroatoms. The molecule has 2 heterocycles. The summed E-state index contributed by atoms with van der Waals surface area (Å²) in [7, 11) is 1.88. The Labute approximate surface area is 145 Å². The van der Waals surface area contributed by atoms with Gasteiger partial charge >= 0.3 is 0 Å². The molecule has 0 aliphatic rings. The number of aliphatic hydroxyl groups excluding tert-OH is 1. The summed E-state index contributed by atoms with van der Waals surface area (Å²) >= 11 is 0. The lowest BCUT2D eigenvalue weighted by Crippen LogP contribution is -2.32. The van der Waals surface area contributed by atoms with Gasteiger partial charge in [0.25, 0.3) is 5.56 Å². The number of aliphatic hydroxyl groups is 1. The molecule has 3 rings (SSSR count). The van der Waals surface area contributed by atoms with Gasteiger partial charge in [0.1, 0.15) is 0 Å². The molecule has 0 aliphatic heterocycles. The Morgan fingerprint density at radius 1 is 1.32 bits per heavy atom. The quantitative estimate of drug-likeness (QED) is 0.639. The third-order valence-corrected chi connectivity index (χ3v) is 3.81. The third kappa shape index (κ3) is 4.76. The number of likely N-dealkylation sites (N-methyl/N-ethyl adjacent to an activating group) is 1. The van der Waals surface area contributed by atoms with Gasteiger partial charge in [0.15, 0.2) is 5.65 Å². The third-order valence-electron chi connectivity index (χ3n) is 3.81. The smallest absolute Gasteiger partial charge is 0.272 e. The molecule has 132 valence electrons. The van der Waals surface area contributed by atoms with E-state index in [9.17, 15) is 9.90 Å². The number of hydrogen-bond donors (Lipinski definition) is 2. The Kier molecular flexibility index (Phi) is 5.60. The molecule has 1 unspecified atom stereocenters. The minimum absolute atomic E-state index is 0.148. The molecule has 1 aromatic carbocycles. The van der Waals surface area contributed by atoms with Gasteiger partial charge in [0.2, 0.25) is 0 Å². The van der Waals surface area contributed by atoms with E-state index in [1.54, 1.807) is 12.3 Å². The molecular formula is C18H22N4O3. The first-order valence-corrected chi connectivity index (χ1v) is 8.16. The number of fused-ring (bicyclic) bond motifs is 1. The first-order valence-electron chi connectivity index (χ1n) is 8.16. The Hall–Kier alpha value is -2.48. The Morgan fingerprint density at radius 3 is 2.92 bits per heavy atom. The molecule has 0 radical (unpaired) electrons. The van der Waals surface area contributed by atoms with E-state index >= 15 is 0 Å². The maximum absolute atomic E-state index is 11.9. The summed E-state index contributed by atoms with van der Waals surface area (Å²) in [4.78, 5) is 18.3. The van der Waals surface area contributed by atoms with Crippen LogP contribution in [0.4, 0.5) is 0 Å². The van der Waals surface area contributed by atoms with E-state index in [1.165, 1.54) is 10.6 Å². The Balaban J connectivity index is 1.47. The first-order chi connectivity index (χ1) is 12.1. The number of aromatic nitrogens is 3. The summed E-state index contributed by atoms with van der Waals surface area (Å²) in [5.41, 5.74) is 2.19. The standard InChI is InChI=1S/C18H22N4O3/c1-21(10-15-9-18(24)22-17(20-15)7-8-19-22)11-16(23)13-25-12-14-5-3-2-4-6-14/h2-9,16,19,23H,10-13H2,1H3. The van der Waals surface area contributed by atoms with E-state index in [4.69, 9.17) is 4.74 Å². The highest BCUT2D eigenvalue weighted by Crippen LogP contribution is 2.04. The van der Waals surface area contributed by atoms with Crippen LogP contribution >= 0.6 is 0 Å². The lowest BCUT2D eigenvalue weighted by Gasteiger charge is -2.20. The molecule has 3 aromatic rings. The molecular weight excluding hydrogens is 320 g/mol. The van der Waals surface area contributed by atoms with Gasteiger partial charge < -0.3 is 9.84 Å². The summed E-state index contributed by atoms with van der Waals surface area (Å²) in [6.45, 7) is 1.64. The number of ether oxygens (including phenoxy) is 1. The van der Waals surface area contributed by atoms with E-state index < -0.39 is 6.10 Å². The molecule has 7 nitrogen and oxygen atoms in total. The molecule has 0 amide bonds. The van der Waals surface area contributed by atoms with Gasteiger partial charge in [-0.15, -0.1) is 0 Å². The van der Waals surface area contributed by atoms with Crippen molar-refractivity contribution in [2.24, 2.45) is 0 Å². The highest BCUT2D eigenvalue weighted by atomic mass is 16.5. The average Bonchev–Trinajstić information content (AvgIpc) is 3.04. The zero-order chi connectivity index (χ0) is 17.6. The number of nitrogens with one attached hydrogen (secondary N) is 1. The van der Waals surface area contributed by atoms with E-state index in [2.05, 4.69) is 10.1 Å². The maximum Gasteiger partial charge on any atom is 0.272 e. The lowest BCUT2D eigenvalue weighted by molar-refractivity contribution is 0.0126. The van der Waals surface area contributed by atoms with Gasteiger partial charge in [0.05, 0.1) is 25.0 Å².